The van der Waals surface area contributed by atoms with Gasteiger partial charge in [-0.1, -0.05) is 18.6 Å². The largest absolute Gasteiger partial charge is 0.489 e. The van der Waals surface area contributed by atoms with E-state index in [4.69, 9.17) is 10.5 Å². The topological polar surface area (TPSA) is 38.5 Å². The van der Waals surface area contributed by atoms with Crippen molar-refractivity contribution in [3.8, 4) is 5.75 Å². The minimum atomic E-state index is -0.300. The molecule has 0 radical (unpaired) electrons. The fourth-order valence-electron chi connectivity index (χ4n) is 2.90. The van der Waals surface area contributed by atoms with Crippen molar-refractivity contribution in [1.29, 1.82) is 0 Å². The number of hydrogen-bond acceptors (Lipinski definition) is 3. The van der Waals surface area contributed by atoms with Crippen LogP contribution in [0.4, 0.5) is 4.39 Å². The molecule has 0 amide bonds. The van der Waals surface area contributed by atoms with Crippen LogP contribution in [0.2, 0.25) is 0 Å². The first kappa shape index (κ1) is 14.3. The second-order valence-electron chi connectivity index (χ2n) is 5.25. The minimum Gasteiger partial charge on any atom is -0.489 e. The Hall–Kier alpha value is -1.13. The molecule has 2 unspecified atom stereocenters. The van der Waals surface area contributed by atoms with Crippen LogP contribution in [-0.4, -0.2) is 37.7 Å². The highest BCUT2D eigenvalue weighted by molar-refractivity contribution is 5.23. The van der Waals surface area contributed by atoms with E-state index in [2.05, 4.69) is 11.9 Å². The Balaban J connectivity index is 1.78. The predicted octanol–water partition coefficient (Wildman–Crippen LogP) is 2.26. The highest BCUT2D eigenvalue weighted by Gasteiger charge is 2.28. The quantitative estimate of drug-likeness (QED) is 0.858. The van der Waals surface area contributed by atoms with Gasteiger partial charge in [-0.05, 0) is 44.5 Å². The van der Waals surface area contributed by atoms with Crippen LogP contribution in [0.25, 0.3) is 0 Å². The van der Waals surface area contributed by atoms with Gasteiger partial charge in [0, 0.05) is 12.6 Å². The van der Waals surface area contributed by atoms with Gasteiger partial charge in [-0.2, -0.15) is 0 Å². The Kier molecular flexibility index (Phi) is 5.16. The highest BCUT2D eigenvalue weighted by Crippen LogP contribution is 2.28. The maximum atomic E-state index is 13.4. The zero-order valence-electron chi connectivity index (χ0n) is 11.5. The Morgan fingerprint density at radius 3 is 2.89 bits per heavy atom. The lowest BCUT2D eigenvalue weighted by molar-refractivity contribution is 0.163. The molecule has 106 valence electrons. The van der Waals surface area contributed by atoms with E-state index in [-0.39, 0.29) is 5.82 Å². The summed E-state index contributed by atoms with van der Waals surface area (Å²) in [6.45, 7) is 2.06. The number of nitrogens with zero attached hydrogens (tertiary/aromatic N) is 1. The number of benzene rings is 1. The van der Waals surface area contributed by atoms with Gasteiger partial charge in [0.2, 0.25) is 0 Å². The van der Waals surface area contributed by atoms with Crippen molar-refractivity contribution in [3.63, 3.8) is 0 Å². The maximum Gasteiger partial charge on any atom is 0.165 e. The van der Waals surface area contributed by atoms with Crippen molar-refractivity contribution < 1.29 is 9.13 Å². The number of nitrogens with two attached hydrogens (primary N) is 1. The number of rotatable bonds is 6. The molecule has 0 aliphatic heterocycles. The molecular weight excluding hydrogens is 243 g/mol. The smallest absolute Gasteiger partial charge is 0.165 e. The summed E-state index contributed by atoms with van der Waals surface area (Å²) in [6, 6.07) is 7.07. The summed E-state index contributed by atoms with van der Waals surface area (Å²) in [6.07, 6.45) is 3.68. The number of likely N-dealkylation sites (N-methyl/N-ethyl adjacent to an activating group) is 1. The molecule has 0 saturated heterocycles. The molecule has 2 rings (SSSR count). The van der Waals surface area contributed by atoms with Crippen molar-refractivity contribution in [2.24, 2.45) is 11.7 Å². The van der Waals surface area contributed by atoms with E-state index in [0.29, 0.717) is 24.3 Å². The van der Waals surface area contributed by atoms with Gasteiger partial charge < -0.3 is 10.5 Å². The lowest BCUT2D eigenvalue weighted by atomic mass is 10.0. The average molecular weight is 266 g/mol. The van der Waals surface area contributed by atoms with E-state index in [1.54, 1.807) is 18.2 Å². The standard InChI is InChI=1S/C15H23FN2O/c1-18(14-7-4-5-12(14)11-17)9-10-19-15-8-3-2-6-13(15)16/h2-3,6,8,12,14H,4-5,7,9-11,17H2,1H3. The summed E-state index contributed by atoms with van der Waals surface area (Å²) < 4.78 is 18.9. The fourth-order valence-corrected chi connectivity index (χ4v) is 2.90. The van der Waals surface area contributed by atoms with E-state index >= 15 is 0 Å². The molecule has 1 aliphatic carbocycles. The first-order valence-electron chi connectivity index (χ1n) is 7.00. The van der Waals surface area contributed by atoms with E-state index < -0.39 is 0 Å². The third kappa shape index (κ3) is 3.67. The van der Waals surface area contributed by atoms with E-state index in [1.165, 1.54) is 25.3 Å². The number of para-hydroxylation sites is 1. The van der Waals surface area contributed by atoms with Crippen molar-refractivity contribution in [1.82, 2.24) is 4.90 Å². The lowest BCUT2D eigenvalue weighted by Crippen LogP contribution is -2.39. The van der Waals surface area contributed by atoms with Crippen LogP contribution in [0.1, 0.15) is 19.3 Å². The molecule has 0 aromatic heterocycles. The van der Waals surface area contributed by atoms with Gasteiger partial charge in [0.15, 0.2) is 11.6 Å². The van der Waals surface area contributed by atoms with Gasteiger partial charge in [0.25, 0.3) is 0 Å². The Labute approximate surface area is 114 Å². The second-order valence-corrected chi connectivity index (χ2v) is 5.25. The monoisotopic (exact) mass is 266 g/mol. The molecule has 1 aliphatic rings. The third-order valence-electron chi connectivity index (χ3n) is 4.03. The zero-order chi connectivity index (χ0) is 13.7. The molecule has 4 heteroatoms. The summed E-state index contributed by atoms with van der Waals surface area (Å²) in [7, 11) is 2.10. The van der Waals surface area contributed by atoms with Crippen LogP contribution < -0.4 is 10.5 Å². The second kappa shape index (κ2) is 6.87. The summed E-state index contributed by atoms with van der Waals surface area (Å²) >= 11 is 0. The van der Waals surface area contributed by atoms with Crippen LogP contribution >= 0.6 is 0 Å². The van der Waals surface area contributed by atoms with Gasteiger partial charge in [-0.15, -0.1) is 0 Å². The normalized spacial score (nSPS) is 22.9. The van der Waals surface area contributed by atoms with Crippen LogP contribution in [0, 0.1) is 11.7 Å². The van der Waals surface area contributed by atoms with Crippen molar-refractivity contribution in [2.45, 2.75) is 25.3 Å². The molecule has 0 bridgehead atoms. The van der Waals surface area contributed by atoms with Crippen molar-refractivity contribution in [3.05, 3.63) is 30.1 Å². The molecule has 2 N–H and O–H groups in total. The molecule has 1 aromatic carbocycles. The molecule has 1 aromatic rings. The first-order valence-corrected chi connectivity index (χ1v) is 7.00. The molecule has 0 heterocycles. The zero-order valence-corrected chi connectivity index (χ0v) is 11.5. The van der Waals surface area contributed by atoms with Crippen LogP contribution in [-0.2, 0) is 0 Å². The fraction of sp³-hybridized carbons (Fsp3) is 0.600. The molecule has 3 nitrogen and oxygen atoms in total. The van der Waals surface area contributed by atoms with Gasteiger partial charge >= 0.3 is 0 Å². The molecule has 19 heavy (non-hydrogen) atoms. The van der Waals surface area contributed by atoms with E-state index in [0.717, 1.165) is 13.1 Å². The molecule has 1 saturated carbocycles. The van der Waals surface area contributed by atoms with Crippen molar-refractivity contribution >= 4 is 0 Å². The van der Waals surface area contributed by atoms with Crippen LogP contribution in [0.3, 0.4) is 0 Å². The van der Waals surface area contributed by atoms with Gasteiger partial charge in [0.05, 0.1) is 0 Å². The lowest BCUT2D eigenvalue weighted by Gasteiger charge is -2.28. The van der Waals surface area contributed by atoms with Gasteiger partial charge in [-0.3, -0.25) is 4.90 Å². The predicted molar refractivity (Wildman–Crippen MR) is 74.7 cm³/mol. The average Bonchev–Trinajstić information content (AvgIpc) is 2.89. The molecule has 1 fully saturated rings. The molecule has 0 spiro atoms. The number of hydrogen-bond donors (Lipinski definition) is 1. The third-order valence-corrected chi connectivity index (χ3v) is 4.03. The highest BCUT2D eigenvalue weighted by atomic mass is 19.1. The first-order chi connectivity index (χ1) is 9.22. The van der Waals surface area contributed by atoms with Crippen LogP contribution in [0.15, 0.2) is 24.3 Å². The number of halogens is 1. The number of ether oxygens (including phenoxy) is 1. The van der Waals surface area contributed by atoms with E-state index in [9.17, 15) is 4.39 Å². The summed E-state index contributed by atoms with van der Waals surface area (Å²) in [5.41, 5.74) is 5.79. The maximum absolute atomic E-state index is 13.4. The van der Waals surface area contributed by atoms with Crippen LogP contribution in [0.5, 0.6) is 5.75 Å². The van der Waals surface area contributed by atoms with E-state index in [1.807, 2.05) is 0 Å². The Morgan fingerprint density at radius 1 is 1.37 bits per heavy atom. The summed E-state index contributed by atoms with van der Waals surface area (Å²) in [4.78, 5) is 2.30. The SMILES string of the molecule is CN(CCOc1ccccc1F)C1CCCC1CN. The summed E-state index contributed by atoms with van der Waals surface area (Å²) in [5, 5.41) is 0. The molecule has 2 atom stereocenters. The van der Waals surface area contributed by atoms with Gasteiger partial charge in [0.1, 0.15) is 6.61 Å². The summed E-state index contributed by atoms with van der Waals surface area (Å²) in [5.74, 6) is 0.627. The Morgan fingerprint density at radius 2 is 2.16 bits per heavy atom. The van der Waals surface area contributed by atoms with Gasteiger partial charge in [-0.25, -0.2) is 4.39 Å². The minimum absolute atomic E-state index is 0.300. The Bertz CT molecular complexity index is 399. The molecular formula is C15H23FN2O. The van der Waals surface area contributed by atoms with Crippen molar-refractivity contribution in [2.75, 3.05) is 26.7 Å².